The average Bonchev–Trinajstić information content (AvgIpc) is 2.79. The Morgan fingerprint density at radius 3 is 2.44 bits per heavy atom. The number of rotatable bonds is 6. The maximum Gasteiger partial charge on any atom is 0.405 e. The van der Waals surface area contributed by atoms with Crippen molar-refractivity contribution in [2.75, 3.05) is 13.1 Å². The molecule has 9 heteroatoms. The maximum atomic E-state index is 12.8. The molecule has 25 heavy (non-hydrogen) atoms. The van der Waals surface area contributed by atoms with Gasteiger partial charge in [0.25, 0.3) is 5.91 Å². The largest absolute Gasteiger partial charge is 0.405 e. The molecule has 2 rings (SSSR count). The van der Waals surface area contributed by atoms with Crippen molar-refractivity contribution in [3.63, 3.8) is 0 Å². The summed E-state index contributed by atoms with van der Waals surface area (Å²) in [6.07, 6.45) is -3.68. The van der Waals surface area contributed by atoms with Crippen LogP contribution < -0.4 is 10.6 Å². The fourth-order valence-corrected chi connectivity index (χ4v) is 2.78. The highest BCUT2D eigenvalue weighted by Crippen LogP contribution is 2.33. The Morgan fingerprint density at radius 2 is 1.88 bits per heavy atom. The molecule has 0 spiro atoms. The van der Waals surface area contributed by atoms with Gasteiger partial charge in [-0.3, -0.25) is 14.5 Å². The number of hydrogen-bond donors (Lipinski definition) is 2. The first-order valence-electron chi connectivity index (χ1n) is 7.72. The first-order chi connectivity index (χ1) is 11.7. The van der Waals surface area contributed by atoms with Crippen LogP contribution in [-0.2, 0) is 15.1 Å². The van der Waals surface area contributed by atoms with Gasteiger partial charge in [-0.2, -0.15) is 13.2 Å². The van der Waals surface area contributed by atoms with Crippen LogP contribution in [-0.4, -0.2) is 42.0 Å². The predicted molar refractivity (Wildman–Crippen MR) is 82.3 cm³/mol. The number of hydrogen-bond acceptors (Lipinski definition) is 3. The Hall–Kier alpha value is -2.58. The fraction of sp³-hybridized carbons (Fsp3) is 0.438. The second-order valence-electron chi connectivity index (χ2n) is 5.73. The van der Waals surface area contributed by atoms with Crippen LogP contribution in [0.25, 0.3) is 0 Å². The van der Waals surface area contributed by atoms with Crippen LogP contribution >= 0.6 is 0 Å². The van der Waals surface area contributed by atoms with Gasteiger partial charge in [-0.05, 0) is 12.0 Å². The fourth-order valence-electron chi connectivity index (χ4n) is 2.78. The van der Waals surface area contributed by atoms with Gasteiger partial charge in [-0.15, -0.1) is 0 Å². The third-order valence-corrected chi connectivity index (χ3v) is 3.86. The molecule has 1 fully saturated rings. The number of carbonyl (C=O) groups excluding carboxylic acids is 3. The van der Waals surface area contributed by atoms with E-state index in [1.54, 1.807) is 35.6 Å². The number of carbonyl (C=O) groups is 3. The first-order valence-corrected chi connectivity index (χ1v) is 7.72. The number of alkyl halides is 3. The summed E-state index contributed by atoms with van der Waals surface area (Å²) in [5.74, 6) is -1.70. The van der Waals surface area contributed by atoms with Crippen LogP contribution in [0.3, 0.4) is 0 Å². The van der Waals surface area contributed by atoms with E-state index < -0.39 is 42.7 Å². The van der Waals surface area contributed by atoms with Gasteiger partial charge in [0.05, 0.1) is 0 Å². The van der Waals surface area contributed by atoms with Gasteiger partial charge >= 0.3 is 12.2 Å². The molecule has 0 aromatic heterocycles. The van der Waals surface area contributed by atoms with Crippen molar-refractivity contribution >= 4 is 17.8 Å². The molecule has 1 heterocycles. The molecule has 0 bridgehead atoms. The van der Waals surface area contributed by atoms with Crippen molar-refractivity contribution in [2.24, 2.45) is 0 Å². The van der Waals surface area contributed by atoms with E-state index in [0.29, 0.717) is 23.3 Å². The summed E-state index contributed by atoms with van der Waals surface area (Å²) in [7, 11) is 0. The van der Waals surface area contributed by atoms with Crippen molar-refractivity contribution in [1.82, 2.24) is 15.5 Å². The summed E-state index contributed by atoms with van der Waals surface area (Å²) >= 11 is 0. The highest BCUT2D eigenvalue weighted by molar-refractivity contribution is 6.09. The van der Waals surface area contributed by atoms with Crippen molar-refractivity contribution in [3.8, 4) is 0 Å². The van der Waals surface area contributed by atoms with E-state index in [4.69, 9.17) is 0 Å². The Labute approximate surface area is 142 Å². The summed E-state index contributed by atoms with van der Waals surface area (Å²) in [5.41, 5.74) is -0.745. The molecule has 2 N–H and O–H groups in total. The SMILES string of the molecule is CCC[C@]1(c2ccccc2)NC(=O)N(CC(=O)NCC(F)(F)F)C1=O. The van der Waals surface area contributed by atoms with Gasteiger partial charge in [-0.25, -0.2) is 4.79 Å². The zero-order chi connectivity index (χ0) is 18.7. The molecule has 1 aromatic rings. The van der Waals surface area contributed by atoms with Crippen molar-refractivity contribution in [3.05, 3.63) is 35.9 Å². The Bertz CT molecular complexity index is 664. The topological polar surface area (TPSA) is 78.5 Å². The first kappa shape index (κ1) is 18.8. The molecule has 136 valence electrons. The van der Waals surface area contributed by atoms with E-state index in [1.165, 1.54) is 0 Å². The van der Waals surface area contributed by atoms with E-state index in [0.717, 1.165) is 0 Å². The number of benzene rings is 1. The van der Waals surface area contributed by atoms with E-state index in [9.17, 15) is 27.6 Å². The summed E-state index contributed by atoms with van der Waals surface area (Å²) in [6, 6.07) is 7.74. The van der Waals surface area contributed by atoms with Gasteiger partial charge in [0.2, 0.25) is 5.91 Å². The van der Waals surface area contributed by atoms with Gasteiger partial charge in [0.15, 0.2) is 0 Å². The minimum absolute atomic E-state index is 0.308. The molecule has 1 aliphatic heterocycles. The van der Waals surface area contributed by atoms with Crippen LogP contribution in [0.1, 0.15) is 25.3 Å². The third-order valence-electron chi connectivity index (χ3n) is 3.86. The molecular weight excluding hydrogens is 339 g/mol. The van der Waals surface area contributed by atoms with Gasteiger partial charge in [-0.1, -0.05) is 43.7 Å². The highest BCUT2D eigenvalue weighted by Gasteiger charge is 2.52. The second-order valence-corrected chi connectivity index (χ2v) is 5.73. The lowest BCUT2D eigenvalue weighted by molar-refractivity contribution is -0.141. The number of imide groups is 1. The van der Waals surface area contributed by atoms with E-state index in [-0.39, 0.29) is 0 Å². The molecule has 0 unspecified atom stereocenters. The number of nitrogens with one attached hydrogen (secondary N) is 2. The number of nitrogens with zero attached hydrogens (tertiary/aromatic N) is 1. The average molecular weight is 357 g/mol. The van der Waals surface area contributed by atoms with Gasteiger partial charge in [0, 0.05) is 0 Å². The smallest absolute Gasteiger partial charge is 0.345 e. The zero-order valence-corrected chi connectivity index (χ0v) is 13.5. The number of halogens is 3. The third kappa shape index (κ3) is 4.09. The zero-order valence-electron chi connectivity index (χ0n) is 13.5. The quantitative estimate of drug-likeness (QED) is 0.764. The lowest BCUT2D eigenvalue weighted by Crippen LogP contribution is -2.46. The molecule has 0 saturated carbocycles. The van der Waals surface area contributed by atoms with E-state index >= 15 is 0 Å². The minimum atomic E-state index is -4.57. The molecule has 1 aromatic carbocycles. The molecule has 4 amide bonds. The molecular formula is C16H18F3N3O3. The Kier molecular flexibility index (Phi) is 5.34. The number of urea groups is 1. The molecule has 0 radical (unpaired) electrons. The molecule has 1 aliphatic rings. The van der Waals surface area contributed by atoms with E-state index in [1.807, 2.05) is 6.92 Å². The maximum absolute atomic E-state index is 12.8. The molecule has 0 aliphatic carbocycles. The Morgan fingerprint density at radius 1 is 1.24 bits per heavy atom. The summed E-state index contributed by atoms with van der Waals surface area (Å²) in [4.78, 5) is 37.3. The summed E-state index contributed by atoms with van der Waals surface area (Å²) < 4.78 is 36.5. The predicted octanol–water partition coefficient (Wildman–Crippen LogP) is 1.91. The summed E-state index contributed by atoms with van der Waals surface area (Å²) in [5, 5.41) is 4.25. The van der Waals surface area contributed by atoms with E-state index in [2.05, 4.69) is 5.32 Å². The molecule has 1 atom stereocenters. The standard InChI is InChI=1S/C16H18F3N3O3/c1-2-8-15(11-6-4-3-5-7-11)13(24)22(14(25)21-15)9-12(23)20-10-16(17,18)19/h3-7H,2,8-10H2,1H3,(H,20,23)(H,21,25)/t15-/m1/s1. The van der Waals surface area contributed by atoms with Crippen LogP contribution in [0.15, 0.2) is 30.3 Å². The number of amides is 4. The molecule has 6 nitrogen and oxygen atoms in total. The lowest BCUT2D eigenvalue weighted by Gasteiger charge is -2.26. The normalized spacial score (nSPS) is 20.6. The minimum Gasteiger partial charge on any atom is -0.345 e. The molecule has 1 saturated heterocycles. The van der Waals surface area contributed by atoms with Crippen LogP contribution in [0, 0.1) is 0 Å². The van der Waals surface area contributed by atoms with Crippen LogP contribution in [0.5, 0.6) is 0 Å². The van der Waals surface area contributed by atoms with Crippen molar-refractivity contribution in [2.45, 2.75) is 31.5 Å². The monoisotopic (exact) mass is 357 g/mol. The highest BCUT2D eigenvalue weighted by atomic mass is 19.4. The van der Waals surface area contributed by atoms with Crippen molar-refractivity contribution < 1.29 is 27.6 Å². The Balaban J connectivity index is 2.18. The lowest BCUT2D eigenvalue weighted by atomic mass is 9.85. The van der Waals surface area contributed by atoms with Crippen molar-refractivity contribution in [1.29, 1.82) is 0 Å². The van der Waals surface area contributed by atoms with Crippen LogP contribution in [0.4, 0.5) is 18.0 Å². The summed E-state index contributed by atoms with van der Waals surface area (Å²) in [6.45, 7) is -0.448. The second kappa shape index (κ2) is 7.12. The van der Waals surface area contributed by atoms with Crippen LogP contribution in [0.2, 0.25) is 0 Å². The van der Waals surface area contributed by atoms with Gasteiger partial charge < -0.3 is 10.6 Å². The van der Waals surface area contributed by atoms with Gasteiger partial charge in [0.1, 0.15) is 18.6 Å².